The molecular formula is C15H13NO3S2. The molecule has 0 atom stereocenters. The molecule has 3 rings (SSSR count). The minimum Gasteiger partial charge on any atom is -0.479 e. The maximum absolute atomic E-state index is 11.8. The van der Waals surface area contributed by atoms with Crippen LogP contribution in [0, 0.1) is 0 Å². The standard InChI is InChI=1S/C15H13NO3S2/c1-20-11-4-2-10(3-5-11)12-8-19-15(17)14(12)18-9-13-16-6-7-21-13/h2-7H,8-9H2,1H3. The third-order valence-electron chi connectivity index (χ3n) is 3.07. The predicted molar refractivity (Wildman–Crippen MR) is 83.0 cm³/mol. The topological polar surface area (TPSA) is 48.4 Å². The number of rotatable bonds is 5. The number of nitrogens with zero attached hydrogens (tertiary/aromatic N) is 1. The van der Waals surface area contributed by atoms with E-state index in [-0.39, 0.29) is 13.2 Å². The SMILES string of the molecule is CSc1ccc(C2=C(OCc3nccs3)C(=O)OC2)cc1. The first kappa shape index (κ1) is 14.2. The third-order valence-corrected chi connectivity index (χ3v) is 4.57. The van der Waals surface area contributed by atoms with Crippen molar-refractivity contribution >= 4 is 34.6 Å². The second-order valence-corrected chi connectivity index (χ2v) is 6.19. The number of esters is 1. The van der Waals surface area contributed by atoms with E-state index in [1.807, 2.05) is 35.9 Å². The number of benzene rings is 1. The molecule has 0 fully saturated rings. The van der Waals surface area contributed by atoms with Gasteiger partial charge >= 0.3 is 5.97 Å². The Morgan fingerprint density at radius 1 is 1.38 bits per heavy atom. The van der Waals surface area contributed by atoms with E-state index < -0.39 is 5.97 Å². The van der Waals surface area contributed by atoms with Crippen molar-refractivity contribution in [2.75, 3.05) is 12.9 Å². The highest BCUT2D eigenvalue weighted by atomic mass is 32.2. The molecule has 0 aliphatic carbocycles. The number of hydrogen-bond donors (Lipinski definition) is 0. The first-order chi connectivity index (χ1) is 10.3. The van der Waals surface area contributed by atoms with Gasteiger partial charge in [-0.3, -0.25) is 0 Å². The monoisotopic (exact) mass is 319 g/mol. The van der Waals surface area contributed by atoms with Crippen LogP contribution in [0.2, 0.25) is 0 Å². The van der Waals surface area contributed by atoms with Crippen molar-refractivity contribution in [1.82, 2.24) is 4.98 Å². The van der Waals surface area contributed by atoms with E-state index in [2.05, 4.69) is 4.98 Å². The van der Waals surface area contributed by atoms with Gasteiger partial charge in [-0.05, 0) is 24.0 Å². The molecule has 1 aromatic heterocycles. The summed E-state index contributed by atoms with van der Waals surface area (Å²) in [5.74, 6) is -0.113. The van der Waals surface area contributed by atoms with E-state index >= 15 is 0 Å². The zero-order chi connectivity index (χ0) is 14.7. The summed E-state index contributed by atoms with van der Waals surface area (Å²) in [4.78, 5) is 17.1. The lowest BCUT2D eigenvalue weighted by molar-refractivity contribution is -0.139. The van der Waals surface area contributed by atoms with Crippen LogP contribution in [-0.4, -0.2) is 23.8 Å². The smallest absolute Gasteiger partial charge is 0.374 e. The molecule has 108 valence electrons. The van der Waals surface area contributed by atoms with Crippen molar-refractivity contribution < 1.29 is 14.3 Å². The van der Waals surface area contributed by atoms with Crippen LogP contribution in [0.4, 0.5) is 0 Å². The van der Waals surface area contributed by atoms with Gasteiger partial charge in [0, 0.05) is 22.0 Å². The number of hydrogen-bond acceptors (Lipinski definition) is 6. The lowest BCUT2D eigenvalue weighted by Crippen LogP contribution is -2.03. The van der Waals surface area contributed by atoms with Crippen LogP contribution in [0.25, 0.3) is 5.57 Å². The Hall–Kier alpha value is -1.79. The number of ether oxygens (including phenoxy) is 2. The van der Waals surface area contributed by atoms with Gasteiger partial charge in [-0.1, -0.05) is 12.1 Å². The maximum atomic E-state index is 11.8. The van der Waals surface area contributed by atoms with Crippen LogP contribution in [0.5, 0.6) is 0 Å². The summed E-state index contributed by atoms with van der Waals surface area (Å²) in [7, 11) is 0. The number of carbonyl (C=O) groups is 1. The molecule has 1 aliphatic heterocycles. The lowest BCUT2D eigenvalue weighted by atomic mass is 10.1. The summed E-state index contributed by atoms with van der Waals surface area (Å²) in [6, 6.07) is 8.01. The van der Waals surface area contributed by atoms with Crippen molar-refractivity contribution in [3.05, 3.63) is 52.2 Å². The zero-order valence-corrected chi connectivity index (χ0v) is 13.0. The summed E-state index contributed by atoms with van der Waals surface area (Å²) < 4.78 is 10.7. The average Bonchev–Trinajstić information content (AvgIpc) is 3.15. The highest BCUT2D eigenvalue weighted by molar-refractivity contribution is 7.98. The minimum absolute atomic E-state index is 0.255. The van der Waals surface area contributed by atoms with Crippen LogP contribution in [-0.2, 0) is 20.9 Å². The van der Waals surface area contributed by atoms with Gasteiger partial charge in [0.1, 0.15) is 18.2 Å². The highest BCUT2D eigenvalue weighted by Gasteiger charge is 2.28. The predicted octanol–water partition coefficient (Wildman–Crippen LogP) is 3.35. The van der Waals surface area contributed by atoms with Crippen molar-refractivity contribution in [2.45, 2.75) is 11.5 Å². The first-order valence-electron chi connectivity index (χ1n) is 6.34. The van der Waals surface area contributed by atoms with Crippen LogP contribution < -0.4 is 0 Å². The molecule has 0 unspecified atom stereocenters. The van der Waals surface area contributed by atoms with Crippen molar-refractivity contribution in [3.63, 3.8) is 0 Å². The molecule has 0 amide bonds. The summed E-state index contributed by atoms with van der Waals surface area (Å²) in [6.07, 6.45) is 3.74. The largest absolute Gasteiger partial charge is 0.479 e. The van der Waals surface area contributed by atoms with Gasteiger partial charge in [0.25, 0.3) is 0 Å². The van der Waals surface area contributed by atoms with Gasteiger partial charge in [0.15, 0.2) is 0 Å². The van der Waals surface area contributed by atoms with Crippen LogP contribution >= 0.6 is 23.1 Å². The van der Waals surface area contributed by atoms with E-state index in [4.69, 9.17) is 9.47 Å². The summed E-state index contributed by atoms with van der Waals surface area (Å²) in [6.45, 7) is 0.541. The van der Waals surface area contributed by atoms with Gasteiger partial charge < -0.3 is 9.47 Å². The Kier molecular flexibility index (Phi) is 4.26. The number of aromatic nitrogens is 1. The van der Waals surface area contributed by atoms with Gasteiger partial charge in [0.05, 0.1) is 0 Å². The van der Waals surface area contributed by atoms with Crippen LogP contribution in [0.15, 0.2) is 46.5 Å². The summed E-state index contributed by atoms with van der Waals surface area (Å²) in [5, 5.41) is 2.71. The van der Waals surface area contributed by atoms with E-state index in [1.54, 1.807) is 18.0 Å². The summed E-state index contributed by atoms with van der Waals surface area (Å²) >= 11 is 3.17. The van der Waals surface area contributed by atoms with E-state index in [9.17, 15) is 4.79 Å². The minimum atomic E-state index is -0.407. The molecule has 2 aromatic rings. The quantitative estimate of drug-likeness (QED) is 0.625. The molecule has 1 aromatic carbocycles. The Morgan fingerprint density at radius 2 is 2.19 bits per heavy atom. The molecule has 1 aliphatic rings. The normalized spacial score (nSPS) is 14.4. The first-order valence-corrected chi connectivity index (χ1v) is 8.44. The molecular weight excluding hydrogens is 306 g/mol. The maximum Gasteiger partial charge on any atom is 0.374 e. The third kappa shape index (κ3) is 3.11. The molecule has 0 spiro atoms. The van der Waals surface area contributed by atoms with Crippen LogP contribution in [0.1, 0.15) is 10.6 Å². The van der Waals surface area contributed by atoms with Crippen molar-refractivity contribution in [1.29, 1.82) is 0 Å². The number of thioether (sulfide) groups is 1. The Balaban J connectivity index is 1.83. The highest BCUT2D eigenvalue weighted by Crippen LogP contribution is 2.28. The molecule has 0 bridgehead atoms. The molecule has 0 N–H and O–H groups in total. The van der Waals surface area contributed by atoms with Gasteiger partial charge in [0.2, 0.25) is 5.76 Å². The Morgan fingerprint density at radius 3 is 2.86 bits per heavy atom. The average molecular weight is 319 g/mol. The van der Waals surface area contributed by atoms with Gasteiger partial charge in [-0.2, -0.15) is 0 Å². The molecule has 4 nitrogen and oxygen atoms in total. The van der Waals surface area contributed by atoms with Crippen molar-refractivity contribution in [3.8, 4) is 0 Å². The second-order valence-electron chi connectivity index (χ2n) is 4.33. The fraction of sp³-hybridized carbons (Fsp3) is 0.200. The Bertz CT molecular complexity index is 663. The fourth-order valence-electron chi connectivity index (χ4n) is 2.00. The number of thiazole rings is 1. The second kappa shape index (κ2) is 6.32. The molecule has 2 heterocycles. The fourth-order valence-corrected chi connectivity index (χ4v) is 2.94. The van der Waals surface area contributed by atoms with E-state index in [1.165, 1.54) is 16.2 Å². The molecule has 0 saturated heterocycles. The number of carbonyl (C=O) groups excluding carboxylic acids is 1. The Labute approximate surface area is 130 Å². The molecule has 0 radical (unpaired) electrons. The summed E-state index contributed by atoms with van der Waals surface area (Å²) in [5.41, 5.74) is 1.75. The molecule has 6 heteroatoms. The lowest BCUT2D eigenvalue weighted by Gasteiger charge is -2.06. The molecule has 0 saturated carbocycles. The van der Waals surface area contributed by atoms with Gasteiger partial charge in [-0.15, -0.1) is 23.1 Å². The zero-order valence-electron chi connectivity index (χ0n) is 11.4. The number of cyclic esters (lactones) is 1. The van der Waals surface area contributed by atoms with Gasteiger partial charge in [-0.25, -0.2) is 9.78 Å². The van der Waals surface area contributed by atoms with E-state index in [0.717, 1.165) is 16.1 Å². The van der Waals surface area contributed by atoms with Crippen LogP contribution in [0.3, 0.4) is 0 Å². The molecule has 21 heavy (non-hydrogen) atoms. The van der Waals surface area contributed by atoms with Crippen molar-refractivity contribution in [2.24, 2.45) is 0 Å². The van der Waals surface area contributed by atoms with E-state index in [0.29, 0.717) is 5.76 Å².